The second kappa shape index (κ2) is 5.15. The number of hydrogen-bond donors (Lipinski definition) is 1. The van der Waals surface area contributed by atoms with Crippen LogP contribution in [0.3, 0.4) is 0 Å². The molecule has 1 rings (SSSR count). The van der Waals surface area contributed by atoms with Crippen LogP contribution in [0, 0.1) is 17.7 Å². The third-order valence-corrected chi connectivity index (χ3v) is 2.61. The zero-order valence-electron chi connectivity index (χ0n) is 8.31. The van der Waals surface area contributed by atoms with E-state index in [1.165, 1.54) is 0 Å². The average molecular weight is 180 g/mol. The van der Waals surface area contributed by atoms with Crippen LogP contribution in [0.4, 0.5) is 0 Å². The molecule has 2 nitrogen and oxygen atoms in total. The average Bonchev–Trinajstić information content (AvgIpc) is 2.18. The first-order chi connectivity index (χ1) is 6.25. The third kappa shape index (κ3) is 2.94. The van der Waals surface area contributed by atoms with Gasteiger partial charge in [-0.3, -0.25) is 4.79 Å². The Kier molecular flexibility index (Phi) is 4.13. The number of Topliss-reactive ketones (excluding diaryl/α,β-unsaturated/α-hetero) is 1. The van der Waals surface area contributed by atoms with Gasteiger partial charge in [-0.15, -0.1) is 0 Å². The first kappa shape index (κ1) is 10.4. The van der Waals surface area contributed by atoms with E-state index in [2.05, 4.69) is 6.42 Å². The van der Waals surface area contributed by atoms with Gasteiger partial charge in [-0.05, 0) is 38.5 Å². The van der Waals surface area contributed by atoms with Crippen LogP contribution in [0.25, 0.3) is 0 Å². The molecule has 1 saturated carbocycles. The van der Waals surface area contributed by atoms with E-state index >= 15 is 0 Å². The Labute approximate surface area is 80.2 Å². The van der Waals surface area contributed by atoms with Crippen LogP contribution in [0.2, 0.25) is 0 Å². The van der Waals surface area contributed by atoms with Crippen LogP contribution in [-0.2, 0) is 4.79 Å². The minimum atomic E-state index is 0.106. The van der Waals surface area contributed by atoms with Crippen LogP contribution in [0.1, 0.15) is 45.4 Å². The summed E-state index contributed by atoms with van der Waals surface area (Å²) in [5, 5.41) is 7.57. The predicted molar refractivity (Wildman–Crippen MR) is 53.9 cm³/mol. The molecule has 0 aromatic rings. The maximum atomic E-state index is 11.6. The molecule has 0 aromatic heterocycles. The summed E-state index contributed by atoms with van der Waals surface area (Å²) in [5.74, 6) is 0.263. The van der Waals surface area contributed by atoms with Crippen molar-refractivity contribution in [2.24, 2.45) is 5.92 Å². The molecule has 2 heteroatoms. The smallest absolute Gasteiger partial charge is 0.179 e. The molecule has 1 aliphatic rings. The molecule has 0 unspecified atom stereocenters. The van der Waals surface area contributed by atoms with Crippen molar-refractivity contribution in [3.05, 3.63) is 6.42 Å². The zero-order valence-corrected chi connectivity index (χ0v) is 8.31. The topological polar surface area (TPSA) is 40.9 Å². The summed E-state index contributed by atoms with van der Waals surface area (Å²) in [7, 11) is 0. The fourth-order valence-corrected chi connectivity index (χ4v) is 1.81. The summed E-state index contributed by atoms with van der Waals surface area (Å²) < 4.78 is 0. The molecule has 0 aromatic carbocycles. The summed E-state index contributed by atoms with van der Waals surface area (Å²) in [6.45, 7) is 2.01. The van der Waals surface area contributed by atoms with Crippen LogP contribution in [0.5, 0.6) is 0 Å². The molecule has 0 atom stereocenters. The Morgan fingerprint density at radius 2 is 2.08 bits per heavy atom. The Bertz CT molecular complexity index is 192. The number of ketones is 1. The van der Waals surface area contributed by atoms with Crippen molar-refractivity contribution >= 4 is 11.5 Å². The molecule has 73 valence electrons. The molecular weight excluding hydrogens is 162 g/mol. The van der Waals surface area contributed by atoms with Gasteiger partial charge in [0.15, 0.2) is 5.78 Å². The van der Waals surface area contributed by atoms with Crippen LogP contribution < -0.4 is 0 Å². The van der Waals surface area contributed by atoms with Crippen molar-refractivity contribution in [2.45, 2.75) is 45.4 Å². The Morgan fingerprint density at radius 3 is 2.62 bits per heavy atom. The molecular formula is C11H18NO. The van der Waals surface area contributed by atoms with Crippen molar-refractivity contribution < 1.29 is 4.79 Å². The number of rotatable bonds is 4. The lowest BCUT2D eigenvalue weighted by molar-refractivity contribution is -0.117. The maximum absolute atomic E-state index is 11.6. The van der Waals surface area contributed by atoms with Crippen molar-refractivity contribution in [1.29, 1.82) is 5.41 Å². The normalized spacial score (nSPS) is 18.5. The van der Waals surface area contributed by atoms with E-state index in [1.54, 1.807) is 0 Å². The summed E-state index contributed by atoms with van der Waals surface area (Å²) in [6.07, 6.45) is 7.83. The second-order valence-electron chi connectivity index (χ2n) is 3.73. The summed E-state index contributed by atoms with van der Waals surface area (Å²) in [5.41, 5.74) is 0.342. The van der Waals surface area contributed by atoms with Gasteiger partial charge in [0.05, 0.1) is 5.71 Å². The quantitative estimate of drug-likeness (QED) is 0.664. The largest absolute Gasteiger partial charge is 0.302 e. The first-order valence-corrected chi connectivity index (χ1v) is 5.19. The van der Waals surface area contributed by atoms with Gasteiger partial charge in [-0.1, -0.05) is 13.3 Å². The molecule has 0 aliphatic heterocycles. The molecule has 13 heavy (non-hydrogen) atoms. The highest BCUT2D eigenvalue weighted by molar-refractivity contribution is 6.39. The summed E-state index contributed by atoms with van der Waals surface area (Å²) >= 11 is 0. The molecule has 0 saturated heterocycles. The van der Waals surface area contributed by atoms with Crippen LogP contribution in [0.15, 0.2) is 0 Å². The standard InChI is InChI=1S/C11H18NO/c1-2-6-10(12)11(13)9-7-4-3-5-8-9/h3,9,12H,2,4-8H2,1H3. The predicted octanol–water partition coefficient (Wildman–Crippen LogP) is 2.77. The van der Waals surface area contributed by atoms with E-state index in [4.69, 9.17) is 5.41 Å². The van der Waals surface area contributed by atoms with Gasteiger partial charge in [0, 0.05) is 5.92 Å². The molecule has 0 spiro atoms. The third-order valence-electron chi connectivity index (χ3n) is 2.61. The minimum absolute atomic E-state index is 0.106. The fraction of sp³-hybridized carbons (Fsp3) is 0.727. The van der Waals surface area contributed by atoms with Crippen LogP contribution >= 0.6 is 0 Å². The minimum Gasteiger partial charge on any atom is -0.302 e. The van der Waals surface area contributed by atoms with Gasteiger partial charge in [-0.2, -0.15) is 0 Å². The highest BCUT2D eigenvalue weighted by Gasteiger charge is 2.23. The number of carbonyl (C=O) groups is 1. The lowest BCUT2D eigenvalue weighted by atomic mass is 9.84. The van der Waals surface area contributed by atoms with Gasteiger partial charge in [-0.25, -0.2) is 0 Å². The lowest BCUT2D eigenvalue weighted by Crippen LogP contribution is -2.25. The van der Waals surface area contributed by atoms with E-state index < -0.39 is 0 Å². The van der Waals surface area contributed by atoms with Gasteiger partial charge < -0.3 is 5.41 Å². The van der Waals surface area contributed by atoms with Crippen molar-refractivity contribution in [3.8, 4) is 0 Å². The summed E-state index contributed by atoms with van der Waals surface area (Å²) in [4.78, 5) is 11.6. The molecule has 0 amide bonds. The Morgan fingerprint density at radius 1 is 1.46 bits per heavy atom. The van der Waals surface area contributed by atoms with Gasteiger partial charge in [0.2, 0.25) is 0 Å². The van der Waals surface area contributed by atoms with Crippen molar-refractivity contribution in [1.82, 2.24) is 0 Å². The lowest BCUT2D eigenvalue weighted by Gasteiger charge is -2.20. The molecule has 1 fully saturated rings. The van der Waals surface area contributed by atoms with E-state index in [1.807, 2.05) is 6.92 Å². The van der Waals surface area contributed by atoms with E-state index in [0.717, 1.165) is 32.1 Å². The maximum Gasteiger partial charge on any atom is 0.179 e. The van der Waals surface area contributed by atoms with E-state index in [0.29, 0.717) is 12.1 Å². The fourth-order valence-electron chi connectivity index (χ4n) is 1.81. The van der Waals surface area contributed by atoms with Gasteiger partial charge in [0.25, 0.3) is 0 Å². The zero-order chi connectivity index (χ0) is 9.68. The summed E-state index contributed by atoms with van der Waals surface area (Å²) in [6, 6.07) is 0. The number of hydrogen-bond acceptors (Lipinski definition) is 2. The highest BCUT2D eigenvalue weighted by Crippen LogP contribution is 2.24. The molecule has 0 bridgehead atoms. The van der Waals surface area contributed by atoms with Gasteiger partial charge >= 0.3 is 0 Å². The molecule has 1 N–H and O–H groups in total. The molecule has 1 aliphatic carbocycles. The number of carbonyl (C=O) groups excluding carboxylic acids is 1. The van der Waals surface area contributed by atoms with Crippen LogP contribution in [-0.4, -0.2) is 11.5 Å². The monoisotopic (exact) mass is 180 g/mol. The highest BCUT2D eigenvalue weighted by atomic mass is 16.1. The first-order valence-electron chi connectivity index (χ1n) is 5.19. The molecule has 0 heterocycles. The van der Waals surface area contributed by atoms with E-state index in [-0.39, 0.29) is 11.7 Å². The van der Waals surface area contributed by atoms with Gasteiger partial charge in [0.1, 0.15) is 0 Å². The Hall–Kier alpha value is -0.660. The SMILES string of the molecule is CCCC(=N)C(=O)C1CC[CH]CC1. The Balaban J connectivity index is 2.40. The number of nitrogens with one attached hydrogen (secondary N) is 1. The van der Waals surface area contributed by atoms with Crippen molar-refractivity contribution in [3.63, 3.8) is 0 Å². The van der Waals surface area contributed by atoms with Crippen molar-refractivity contribution in [2.75, 3.05) is 0 Å². The van der Waals surface area contributed by atoms with E-state index in [9.17, 15) is 4.79 Å². The second-order valence-corrected chi connectivity index (χ2v) is 3.73. The molecule has 1 radical (unpaired) electrons.